The number of hydrogen-bond donors (Lipinski definition) is 1. The van der Waals surface area contributed by atoms with Crippen LogP contribution >= 0.6 is 11.3 Å². The Kier molecular flexibility index (Phi) is 5.25. The molecule has 1 heterocycles. The molecule has 1 fully saturated rings. The molecule has 0 bridgehead atoms. The van der Waals surface area contributed by atoms with Crippen molar-refractivity contribution in [1.82, 2.24) is 0 Å². The molecule has 0 radical (unpaired) electrons. The van der Waals surface area contributed by atoms with Gasteiger partial charge in [0.15, 0.2) is 0 Å². The van der Waals surface area contributed by atoms with Crippen LogP contribution in [0.25, 0.3) is 0 Å². The normalized spacial score (nSPS) is 28.5. The average Bonchev–Trinajstić information content (AvgIpc) is 2.81. The molecule has 1 aliphatic rings. The van der Waals surface area contributed by atoms with Gasteiger partial charge in [-0.1, -0.05) is 26.7 Å². The first-order chi connectivity index (χ1) is 8.72. The zero-order valence-electron chi connectivity index (χ0n) is 11.7. The van der Waals surface area contributed by atoms with Gasteiger partial charge in [0.25, 0.3) is 0 Å². The fourth-order valence-corrected chi connectivity index (χ4v) is 4.27. The van der Waals surface area contributed by atoms with E-state index in [-0.39, 0.29) is 6.10 Å². The Morgan fingerprint density at radius 2 is 2.00 bits per heavy atom. The molecule has 2 heteroatoms. The lowest BCUT2D eigenvalue weighted by Crippen LogP contribution is -2.30. The summed E-state index contributed by atoms with van der Waals surface area (Å²) in [5, 5.41) is 10.2. The van der Waals surface area contributed by atoms with E-state index in [0.717, 1.165) is 25.2 Å². The maximum atomic E-state index is 10.2. The van der Waals surface area contributed by atoms with Crippen LogP contribution in [0.15, 0.2) is 12.1 Å². The maximum Gasteiger partial charge on any atom is 0.0572 e. The average molecular weight is 266 g/mol. The molecule has 1 nitrogen and oxygen atoms in total. The molecule has 3 atom stereocenters. The number of hydrogen-bond acceptors (Lipinski definition) is 2. The van der Waals surface area contributed by atoms with Gasteiger partial charge in [-0.2, -0.15) is 0 Å². The van der Waals surface area contributed by atoms with Crippen LogP contribution < -0.4 is 0 Å². The molecule has 0 saturated heterocycles. The smallest absolute Gasteiger partial charge is 0.0572 e. The molecule has 102 valence electrons. The Hall–Kier alpha value is -0.340. The van der Waals surface area contributed by atoms with Crippen molar-refractivity contribution in [1.29, 1.82) is 0 Å². The first-order valence-corrected chi connectivity index (χ1v) is 8.30. The van der Waals surface area contributed by atoms with Crippen molar-refractivity contribution >= 4 is 11.3 Å². The first kappa shape index (κ1) is 14.1. The summed E-state index contributed by atoms with van der Waals surface area (Å²) in [6.07, 6.45) is 8.26. The van der Waals surface area contributed by atoms with Gasteiger partial charge in [-0.3, -0.25) is 0 Å². The van der Waals surface area contributed by atoms with Gasteiger partial charge in [0.1, 0.15) is 0 Å². The van der Waals surface area contributed by atoms with E-state index in [1.54, 1.807) is 0 Å². The summed E-state index contributed by atoms with van der Waals surface area (Å²) in [5.74, 6) is 1.35. The molecule has 1 aliphatic carbocycles. The minimum atomic E-state index is -0.0646. The van der Waals surface area contributed by atoms with Crippen LogP contribution in [0.4, 0.5) is 0 Å². The van der Waals surface area contributed by atoms with Gasteiger partial charge >= 0.3 is 0 Å². The summed E-state index contributed by atoms with van der Waals surface area (Å²) >= 11 is 1.93. The van der Waals surface area contributed by atoms with E-state index in [2.05, 4.69) is 26.0 Å². The minimum Gasteiger partial charge on any atom is -0.393 e. The zero-order chi connectivity index (χ0) is 13.0. The van der Waals surface area contributed by atoms with Crippen molar-refractivity contribution < 1.29 is 5.11 Å². The quantitative estimate of drug-likeness (QED) is 0.836. The summed E-state index contributed by atoms with van der Waals surface area (Å²) < 4.78 is 0. The van der Waals surface area contributed by atoms with E-state index in [9.17, 15) is 5.11 Å². The SMILES string of the molecule is CCCC1CCC(O)C(Cc2ccc(CC)s2)C1. The van der Waals surface area contributed by atoms with E-state index < -0.39 is 0 Å². The second kappa shape index (κ2) is 6.72. The van der Waals surface area contributed by atoms with Gasteiger partial charge in [0.2, 0.25) is 0 Å². The Balaban J connectivity index is 1.93. The lowest BCUT2D eigenvalue weighted by molar-refractivity contribution is 0.0467. The van der Waals surface area contributed by atoms with Crippen molar-refractivity contribution in [3.63, 3.8) is 0 Å². The number of aryl methyl sites for hydroxylation is 1. The maximum absolute atomic E-state index is 10.2. The number of aliphatic hydroxyl groups is 1. The van der Waals surface area contributed by atoms with Gasteiger partial charge < -0.3 is 5.11 Å². The van der Waals surface area contributed by atoms with Crippen LogP contribution in [-0.2, 0) is 12.8 Å². The third-order valence-electron chi connectivity index (χ3n) is 4.28. The second-order valence-corrected chi connectivity index (χ2v) is 6.97. The van der Waals surface area contributed by atoms with Crippen molar-refractivity contribution in [2.75, 3.05) is 0 Å². The third-order valence-corrected chi connectivity index (χ3v) is 5.53. The van der Waals surface area contributed by atoms with Crippen LogP contribution in [-0.4, -0.2) is 11.2 Å². The van der Waals surface area contributed by atoms with Gasteiger partial charge in [0.05, 0.1) is 6.10 Å². The van der Waals surface area contributed by atoms with E-state index in [1.165, 1.54) is 35.4 Å². The van der Waals surface area contributed by atoms with Crippen LogP contribution in [0.3, 0.4) is 0 Å². The van der Waals surface area contributed by atoms with Gasteiger partial charge in [-0.25, -0.2) is 0 Å². The summed E-state index contributed by atoms with van der Waals surface area (Å²) in [5.41, 5.74) is 0. The molecule has 1 aromatic rings. The van der Waals surface area contributed by atoms with Gasteiger partial charge in [-0.15, -0.1) is 11.3 Å². The Morgan fingerprint density at radius 1 is 1.22 bits per heavy atom. The molecule has 3 unspecified atom stereocenters. The predicted molar refractivity (Wildman–Crippen MR) is 79.1 cm³/mol. The molecule has 0 aromatic carbocycles. The fourth-order valence-electron chi connectivity index (χ4n) is 3.22. The molecule has 1 aromatic heterocycles. The van der Waals surface area contributed by atoms with Crippen LogP contribution in [0.2, 0.25) is 0 Å². The molecule has 1 saturated carbocycles. The topological polar surface area (TPSA) is 20.2 Å². The Morgan fingerprint density at radius 3 is 2.67 bits per heavy atom. The summed E-state index contributed by atoms with van der Waals surface area (Å²) in [4.78, 5) is 2.94. The highest BCUT2D eigenvalue weighted by atomic mass is 32.1. The highest BCUT2D eigenvalue weighted by Crippen LogP contribution is 2.35. The summed E-state index contributed by atoms with van der Waals surface area (Å²) in [7, 11) is 0. The van der Waals surface area contributed by atoms with Gasteiger partial charge in [-0.05, 0) is 56.1 Å². The van der Waals surface area contributed by atoms with Crippen LogP contribution in [0.1, 0.15) is 55.7 Å². The monoisotopic (exact) mass is 266 g/mol. The predicted octanol–water partition coefficient (Wildman–Crippen LogP) is 4.43. The zero-order valence-corrected chi connectivity index (χ0v) is 12.5. The largest absolute Gasteiger partial charge is 0.393 e. The summed E-state index contributed by atoms with van der Waals surface area (Å²) in [6.45, 7) is 4.48. The third kappa shape index (κ3) is 3.58. The lowest BCUT2D eigenvalue weighted by Gasteiger charge is -2.33. The van der Waals surface area contributed by atoms with Crippen LogP contribution in [0, 0.1) is 11.8 Å². The first-order valence-electron chi connectivity index (χ1n) is 7.48. The second-order valence-electron chi connectivity index (χ2n) is 5.72. The Bertz CT molecular complexity index is 358. The summed E-state index contributed by atoms with van der Waals surface area (Å²) in [6, 6.07) is 4.51. The van der Waals surface area contributed by atoms with E-state index in [0.29, 0.717) is 5.92 Å². The highest BCUT2D eigenvalue weighted by Gasteiger charge is 2.28. The van der Waals surface area contributed by atoms with E-state index in [1.807, 2.05) is 11.3 Å². The van der Waals surface area contributed by atoms with Crippen LogP contribution in [0.5, 0.6) is 0 Å². The fraction of sp³-hybridized carbons (Fsp3) is 0.750. The van der Waals surface area contributed by atoms with E-state index in [4.69, 9.17) is 0 Å². The molecule has 1 N–H and O–H groups in total. The number of aliphatic hydroxyl groups excluding tert-OH is 1. The van der Waals surface area contributed by atoms with Crippen molar-refractivity contribution in [3.05, 3.63) is 21.9 Å². The van der Waals surface area contributed by atoms with Crippen molar-refractivity contribution in [2.45, 2.75) is 64.9 Å². The molecule has 18 heavy (non-hydrogen) atoms. The molecule has 0 amide bonds. The highest BCUT2D eigenvalue weighted by molar-refractivity contribution is 7.11. The molecule has 0 aliphatic heterocycles. The minimum absolute atomic E-state index is 0.0646. The molecule has 2 rings (SSSR count). The van der Waals surface area contributed by atoms with Crippen molar-refractivity contribution in [3.8, 4) is 0 Å². The number of thiophene rings is 1. The van der Waals surface area contributed by atoms with Crippen molar-refractivity contribution in [2.24, 2.45) is 11.8 Å². The van der Waals surface area contributed by atoms with E-state index >= 15 is 0 Å². The standard InChI is InChI=1S/C16H26OS/c1-3-5-12-6-9-16(17)13(10-12)11-15-8-7-14(4-2)18-15/h7-8,12-13,16-17H,3-6,9-11H2,1-2H3. The van der Waals surface area contributed by atoms with Gasteiger partial charge in [0, 0.05) is 9.75 Å². The lowest BCUT2D eigenvalue weighted by atomic mass is 9.76. The molecular weight excluding hydrogens is 240 g/mol. The number of rotatable bonds is 5. The molecular formula is C16H26OS. The molecule has 0 spiro atoms. The Labute approximate surface area is 115 Å².